The first kappa shape index (κ1) is 34.8. The highest BCUT2D eigenvalue weighted by Crippen LogP contribution is 2.35. The van der Waals surface area contributed by atoms with Crippen LogP contribution in [0.15, 0.2) is 74.6 Å². The van der Waals surface area contributed by atoms with Gasteiger partial charge >= 0.3 is 12.2 Å². The summed E-state index contributed by atoms with van der Waals surface area (Å²) in [5.41, 5.74) is 0.624. The lowest BCUT2D eigenvalue weighted by atomic mass is 10.1. The Morgan fingerprint density at radius 1 is 0.915 bits per heavy atom. The molecule has 1 atom stereocenters. The number of hydrogen-bond acceptors (Lipinski definition) is 11. The molecular formula is C34H38N6O6S. The summed E-state index contributed by atoms with van der Waals surface area (Å²) >= 11 is 0. The number of carbonyl (C=O) groups is 2. The van der Waals surface area contributed by atoms with Crippen molar-refractivity contribution in [1.82, 2.24) is 15.1 Å². The fraction of sp³-hybridized carbons (Fsp3) is 0.353. The van der Waals surface area contributed by atoms with Gasteiger partial charge in [0.2, 0.25) is 0 Å². The molecule has 0 saturated heterocycles. The molecule has 13 heteroatoms. The summed E-state index contributed by atoms with van der Waals surface area (Å²) in [6.45, 7) is 13.7. The first-order valence-electron chi connectivity index (χ1n) is 14.8. The van der Waals surface area contributed by atoms with Crippen LogP contribution in [0.3, 0.4) is 0 Å². The van der Waals surface area contributed by atoms with Gasteiger partial charge in [0.25, 0.3) is 0 Å². The second-order valence-electron chi connectivity index (χ2n) is 12.8. The van der Waals surface area contributed by atoms with E-state index in [1.807, 2.05) is 13.8 Å². The normalized spacial score (nSPS) is 13.0. The van der Waals surface area contributed by atoms with Crippen LogP contribution in [-0.4, -0.2) is 55.0 Å². The molecule has 4 rings (SSSR count). The summed E-state index contributed by atoms with van der Waals surface area (Å²) in [5.74, 6) is -0.112. The monoisotopic (exact) mass is 658 g/mol. The zero-order chi connectivity index (χ0) is 34.7. The lowest BCUT2D eigenvalue weighted by Crippen LogP contribution is -2.44. The number of rotatable bonds is 6. The van der Waals surface area contributed by atoms with Crippen molar-refractivity contribution in [3.05, 3.63) is 66.4 Å². The zero-order valence-electron chi connectivity index (χ0n) is 27.9. The van der Waals surface area contributed by atoms with Gasteiger partial charge in [-0.15, -0.1) is 0 Å². The Labute approximate surface area is 274 Å². The van der Waals surface area contributed by atoms with Crippen LogP contribution in [0.25, 0.3) is 34.0 Å². The van der Waals surface area contributed by atoms with Crippen molar-refractivity contribution in [2.45, 2.75) is 76.7 Å². The van der Waals surface area contributed by atoms with Crippen molar-refractivity contribution >= 4 is 27.7 Å². The Morgan fingerprint density at radius 2 is 1.45 bits per heavy atom. The van der Waals surface area contributed by atoms with Crippen molar-refractivity contribution in [3.8, 4) is 40.0 Å². The summed E-state index contributed by atoms with van der Waals surface area (Å²) < 4.78 is 34.5. The third kappa shape index (κ3) is 8.01. The third-order valence-electron chi connectivity index (χ3n) is 6.57. The van der Waals surface area contributed by atoms with Crippen LogP contribution in [0.5, 0.6) is 0 Å². The molecule has 0 radical (unpaired) electrons. The zero-order valence-corrected chi connectivity index (χ0v) is 28.7. The summed E-state index contributed by atoms with van der Waals surface area (Å²) in [5, 5.41) is 13.2. The second kappa shape index (κ2) is 13.3. The molecular weight excluding hydrogens is 620 g/mol. The van der Waals surface area contributed by atoms with E-state index in [1.54, 1.807) is 96.1 Å². The smallest absolute Gasteiger partial charge is 0.425 e. The Kier molecular flexibility index (Phi) is 9.87. The molecule has 2 amide bonds. The predicted molar refractivity (Wildman–Crippen MR) is 178 cm³/mol. The fourth-order valence-electron chi connectivity index (χ4n) is 4.36. The number of hydrogen-bond donors (Lipinski definition) is 0. The molecule has 2 aromatic carbocycles. The van der Waals surface area contributed by atoms with E-state index in [-0.39, 0.29) is 22.5 Å². The van der Waals surface area contributed by atoms with E-state index in [9.17, 15) is 19.1 Å². The number of anilines is 1. The highest BCUT2D eigenvalue weighted by Gasteiger charge is 2.37. The molecule has 0 aliphatic heterocycles. The molecule has 0 spiro atoms. The summed E-state index contributed by atoms with van der Waals surface area (Å²) in [7, 11) is -1.09. The molecule has 0 fully saturated rings. The van der Waals surface area contributed by atoms with Crippen molar-refractivity contribution < 1.29 is 27.8 Å². The number of nitriles is 1. The Morgan fingerprint density at radius 3 is 1.94 bits per heavy atom. The average Bonchev–Trinajstić information content (AvgIpc) is 3.49. The van der Waals surface area contributed by atoms with Crippen LogP contribution in [0.2, 0.25) is 0 Å². The molecule has 0 N–H and O–H groups in total. The minimum absolute atomic E-state index is 0.00484. The molecule has 4 aromatic rings. The molecule has 0 saturated carbocycles. The van der Waals surface area contributed by atoms with Crippen LogP contribution >= 0.6 is 0 Å². The maximum atomic E-state index is 13.6. The summed E-state index contributed by atoms with van der Waals surface area (Å²) in [4.78, 5) is 37.7. The van der Waals surface area contributed by atoms with Crippen LogP contribution in [0.1, 0.15) is 61.0 Å². The Bertz CT molecular complexity index is 1910. The van der Waals surface area contributed by atoms with Crippen LogP contribution in [-0.2, 0) is 19.2 Å². The van der Waals surface area contributed by atoms with Gasteiger partial charge < -0.3 is 14.0 Å². The quantitative estimate of drug-likeness (QED) is 0.199. The van der Waals surface area contributed by atoms with Crippen molar-refractivity contribution in [3.63, 3.8) is 0 Å². The first-order chi connectivity index (χ1) is 22.0. The molecule has 2 heterocycles. The standard InChI is InChI=1S/C34H38N6O6S/c1-21(2)47(43,36-9)25-16-14-24(15-17-25)27-20-37-30(40(31(41)44-33(3,4)5)32(42)45-34(6,7)8)29(38-27)28-18-26(39-46-28)23-12-10-22(19-35)11-13-23/h10-18,20-21H,1-9H3. The van der Waals surface area contributed by atoms with Gasteiger partial charge in [0.05, 0.1) is 33.3 Å². The summed E-state index contributed by atoms with van der Waals surface area (Å²) in [6, 6.07) is 17.3. The van der Waals surface area contributed by atoms with Gasteiger partial charge in [-0.1, -0.05) is 29.4 Å². The SMILES string of the molecule is CN=S(=O)(c1ccc(-c2cnc(N(C(=O)OC(C)(C)C)C(=O)OC(C)(C)C)c(-c3cc(-c4ccc(C#N)cc4)no3)n2)cc1)C(C)C. The van der Waals surface area contributed by atoms with E-state index in [0.717, 1.165) is 0 Å². The van der Waals surface area contributed by atoms with Gasteiger partial charge in [-0.05, 0) is 79.7 Å². The highest BCUT2D eigenvalue weighted by atomic mass is 32.2. The first-order valence-corrected chi connectivity index (χ1v) is 16.4. The van der Waals surface area contributed by atoms with Gasteiger partial charge in [0.1, 0.15) is 16.9 Å². The van der Waals surface area contributed by atoms with Gasteiger partial charge in [-0.2, -0.15) is 10.2 Å². The second-order valence-corrected chi connectivity index (χ2v) is 15.7. The molecule has 2 aromatic heterocycles. The van der Waals surface area contributed by atoms with Crippen LogP contribution < -0.4 is 4.90 Å². The maximum absolute atomic E-state index is 13.6. The summed E-state index contributed by atoms with van der Waals surface area (Å²) in [6.07, 6.45) is -0.659. The van der Waals surface area contributed by atoms with E-state index >= 15 is 0 Å². The topological polar surface area (TPSA) is 161 Å². The number of nitrogens with zero attached hydrogens (tertiary/aromatic N) is 6. The van der Waals surface area contributed by atoms with E-state index in [4.69, 9.17) is 19.0 Å². The predicted octanol–water partition coefficient (Wildman–Crippen LogP) is 7.88. The van der Waals surface area contributed by atoms with E-state index in [0.29, 0.717) is 37.9 Å². The van der Waals surface area contributed by atoms with E-state index < -0.39 is 33.1 Å². The van der Waals surface area contributed by atoms with Crippen molar-refractivity contribution in [2.24, 2.45) is 4.36 Å². The van der Waals surface area contributed by atoms with Crippen molar-refractivity contribution in [2.75, 3.05) is 11.9 Å². The number of benzene rings is 2. The molecule has 1 unspecified atom stereocenters. The third-order valence-corrected chi connectivity index (χ3v) is 9.34. The maximum Gasteiger partial charge on any atom is 0.425 e. The molecule has 12 nitrogen and oxygen atoms in total. The number of imide groups is 1. The lowest BCUT2D eigenvalue weighted by molar-refractivity contribution is 0.0429. The number of ether oxygens (including phenoxy) is 2. The highest BCUT2D eigenvalue weighted by molar-refractivity contribution is 7.94. The fourth-order valence-corrected chi connectivity index (χ4v) is 6.06. The van der Waals surface area contributed by atoms with Crippen molar-refractivity contribution in [1.29, 1.82) is 5.26 Å². The molecule has 47 heavy (non-hydrogen) atoms. The van der Waals surface area contributed by atoms with Gasteiger partial charge in [0.15, 0.2) is 17.3 Å². The molecule has 0 bridgehead atoms. The van der Waals surface area contributed by atoms with Gasteiger partial charge in [-0.3, -0.25) is 0 Å². The van der Waals surface area contributed by atoms with Crippen LogP contribution in [0, 0.1) is 11.3 Å². The Balaban J connectivity index is 1.91. The lowest BCUT2D eigenvalue weighted by Gasteiger charge is -2.28. The number of amides is 2. The molecule has 246 valence electrons. The molecule has 0 aliphatic rings. The largest absolute Gasteiger partial charge is 0.443 e. The number of carbonyl (C=O) groups excluding carboxylic acids is 2. The average molecular weight is 659 g/mol. The van der Waals surface area contributed by atoms with E-state index in [1.165, 1.54) is 13.2 Å². The van der Waals surface area contributed by atoms with E-state index in [2.05, 4.69) is 20.6 Å². The van der Waals surface area contributed by atoms with Crippen LogP contribution in [0.4, 0.5) is 15.4 Å². The van der Waals surface area contributed by atoms with Gasteiger partial charge in [0, 0.05) is 34.4 Å². The number of aromatic nitrogens is 3. The minimum Gasteiger partial charge on any atom is -0.443 e. The Hall–Kier alpha value is -5.09. The minimum atomic E-state index is -2.63. The molecule has 0 aliphatic carbocycles. The van der Waals surface area contributed by atoms with Gasteiger partial charge in [-0.25, -0.2) is 28.1 Å².